The lowest BCUT2D eigenvalue weighted by atomic mass is 10.1. The maximum atomic E-state index is 11.0. The van der Waals surface area contributed by atoms with Crippen LogP contribution in [-0.4, -0.2) is 29.8 Å². The largest absolute Gasteiger partial charge is 0.490 e. The fourth-order valence-corrected chi connectivity index (χ4v) is 1.64. The molecule has 0 radical (unpaired) electrons. The minimum absolute atomic E-state index is 0.329. The molecule has 1 atom stereocenters. The van der Waals surface area contributed by atoms with Gasteiger partial charge in [0.05, 0.1) is 6.61 Å². The van der Waals surface area contributed by atoms with Crippen LogP contribution < -0.4 is 14.8 Å². The van der Waals surface area contributed by atoms with Crippen molar-refractivity contribution in [3.8, 4) is 11.5 Å². The molecule has 1 rings (SSSR count). The average molecular weight is 281 g/mol. The summed E-state index contributed by atoms with van der Waals surface area (Å²) in [6.07, 6.45) is -0.922. The SMILES string of the molecule is CCOc1cccc(CNC(C)C)c1OC(C)C(=O)O. The smallest absolute Gasteiger partial charge is 0.344 e. The van der Waals surface area contributed by atoms with Gasteiger partial charge in [0.2, 0.25) is 0 Å². The Bertz CT molecular complexity index is 445. The Morgan fingerprint density at radius 2 is 2.05 bits per heavy atom. The second-order valence-electron chi connectivity index (χ2n) is 4.81. The first-order valence-corrected chi connectivity index (χ1v) is 6.83. The zero-order valence-electron chi connectivity index (χ0n) is 12.5. The van der Waals surface area contributed by atoms with Gasteiger partial charge in [0.15, 0.2) is 17.6 Å². The second kappa shape index (κ2) is 7.75. The van der Waals surface area contributed by atoms with Gasteiger partial charge in [-0.05, 0) is 19.9 Å². The lowest BCUT2D eigenvalue weighted by Gasteiger charge is -2.19. The summed E-state index contributed by atoms with van der Waals surface area (Å²) in [5.41, 5.74) is 0.887. The summed E-state index contributed by atoms with van der Waals surface area (Å²) >= 11 is 0. The highest BCUT2D eigenvalue weighted by atomic mass is 16.5. The highest BCUT2D eigenvalue weighted by Crippen LogP contribution is 2.32. The first-order valence-electron chi connectivity index (χ1n) is 6.83. The molecular formula is C15H23NO4. The van der Waals surface area contributed by atoms with E-state index in [1.807, 2.05) is 32.9 Å². The summed E-state index contributed by atoms with van der Waals surface area (Å²) in [5, 5.41) is 12.3. The maximum Gasteiger partial charge on any atom is 0.344 e. The predicted molar refractivity (Wildman–Crippen MR) is 77.3 cm³/mol. The van der Waals surface area contributed by atoms with E-state index in [4.69, 9.17) is 14.6 Å². The third kappa shape index (κ3) is 4.74. The van der Waals surface area contributed by atoms with E-state index in [1.54, 1.807) is 6.07 Å². The number of hydrogen-bond acceptors (Lipinski definition) is 4. The molecule has 5 heteroatoms. The van der Waals surface area contributed by atoms with E-state index < -0.39 is 12.1 Å². The van der Waals surface area contributed by atoms with Crippen LogP contribution in [0.3, 0.4) is 0 Å². The summed E-state index contributed by atoms with van der Waals surface area (Å²) < 4.78 is 11.1. The number of aliphatic carboxylic acids is 1. The molecular weight excluding hydrogens is 258 g/mol. The van der Waals surface area contributed by atoms with Crippen LogP contribution in [0.2, 0.25) is 0 Å². The number of carboxylic acid groups (broad SMARTS) is 1. The molecule has 1 aromatic rings. The zero-order chi connectivity index (χ0) is 15.1. The lowest BCUT2D eigenvalue weighted by Crippen LogP contribution is -2.26. The minimum Gasteiger partial charge on any atom is -0.490 e. The number of carboxylic acids is 1. The van der Waals surface area contributed by atoms with Crippen molar-refractivity contribution in [2.75, 3.05) is 6.61 Å². The van der Waals surface area contributed by atoms with Crippen molar-refractivity contribution >= 4 is 5.97 Å². The number of nitrogens with one attached hydrogen (secondary N) is 1. The van der Waals surface area contributed by atoms with Crippen LogP contribution >= 0.6 is 0 Å². The summed E-state index contributed by atoms with van der Waals surface area (Å²) in [7, 11) is 0. The topological polar surface area (TPSA) is 67.8 Å². The summed E-state index contributed by atoms with van der Waals surface area (Å²) in [6.45, 7) is 8.58. The number of para-hydroxylation sites is 1. The molecule has 0 amide bonds. The molecule has 0 fully saturated rings. The molecule has 0 aliphatic heterocycles. The van der Waals surface area contributed by atoms with Crippen LogP contribution in [0.25, 0.3) is 0 Å². The Hall–Kier alpha value is -1.75. The molecule has 0 saturated carbocycles. The van der Waals surface area contributed by atoms with Gasteiger partial charge in [-0.25, -0.2) is 4.79 Å². The third-order valence-corrected chi connectivity index (χ3v) is 2.70. The number of rotatable bonds is 8. The highest BCUT2D eigenvalue weighted by molar-refractivity contribution is 5.72. The van der Waals surface area contributed by atoms with E-state index in [0.29, 0.717) is 30.7 Å². The van der Waals surface area contributed by atoms with Crippen LogP contribution in [0.1, 0.15) is 33.3 Å². The van der Waals surface area contributed by atoms with Crippen molar-refractivity contribution < 1.29 is 19.4 Å². The molecule has 0 bridgehead atoms. The molecule has 0 saturated heterocycles. The summed E-state index contributed by atoms with van der Waals surface area (Å²) in [5.74, 6) is 0.0696. The molecule has 2 N–H and O–H groups in total. The molecule has 0 aliphatic rings. The van der Waals surface area contributed by atoms with E-state index >= 15 is 0 Å². The van der Waals surface area contributed by atoms with E-state index in [9.17, 15) is 4.79 Å². The number of carbonyl (C=O) groups is 1. The number of hydrogen-bond donors (Lipinski definition) is 2. The van der Waals surface area contributed by atoms with Gasteiger partial charge in [0, 0.05) is 18.2 Å². The Labute approximate surface area is 119 Å². The van der Waals surface area contributed by atoms with Gasteiger partial charge >= 0.3 is 5.97 Å². The molecule has 0 aromatic heterocycles. The van der Waals surface area contributed by atoms with Crippen LogP contribution in [0.15, 0.2) is 18.2 Å². The van der Waals surface area contributed by atoms with Gasteiger partial charge in [-0.15, -0.1) is 0 Å². The van der Waals surface area contributed by atoms with Gasteiger partial charge in [0.1, 0.15) is 0 Å². The van der Waals surface area contributed by atoms with E-state index in [1.165, 1.54) is 6.92 Å². The fraction of sp³-hybridized carbons (Fsp3) is 0.533. The number of ether oxygens (including phenoxy) is 2. The van der Waals surface area contributed by atoms with Gasteiger partial charge < -0.3 is 19.9 Å². The van der Waals surface area contributed by atoms with Crippen LogP contribution in [0, 0.1) is 0 Å². The van der Waals surface area contributed by atoms with Gasteiger partial charge in [0.25, 0.3) is 0 Å². The zero-order valence-corrected chi connectivity index (χ0v) is 12.5. The first-order chi connectivity index (χ1) is 9.45. The van der Waals surface area contributed by atoms with Crippen LogP contribution in [-0.2, 0) is 11.3 Å². The molecule has 5 nitrogen and oxygen atoms in total. The fourth-order valence-electron chi connectivity index (χ4n) is 1.64. The van der Waals surface area contributed by atoms with Crippen molar-refractivity contribution in [3.05, 3.63) is 23.8 Å². The minimum atomic E-state index is -1.00. The molecule has 0 spiro atoms. The Morgan fingerprint density at radius 3 is 2.60 bits per heavy atom. The van der Waals surface area contributed by atoms with E-state index in [0.717, 1.165) is 5.56 Å². The van der Waals surface area contributed by atoms with Crippen molar-refractivity contribution in [1.82, 2.24) is 5.32 Å². The highest BCUT2D eigenvalue weighted by Gasteiger charge is 2.18. The molecule has 1 unspecified atom stereocenters. The predicted octanol–water partition coefficient (Wildman–Crippen LogP) is 2.44. The van der Waals surface area contributed by atoms with Crippen LogP contribution in [0.4, 0.5) is 0 Å². The Balaban J connectivity index is 3.02. The summed E-state index contributed by atoms with van der Waals surface area (Å²) in [4.78, 5) is 11.0. The van der Waals surface area contributed by atoms with Crippen molar-refractivity contribution in [2.45, 2.75) is 46.4 Å². The molecule has 112 valence electrons. The van der Waals surface area contributed by atoms with Gasteiger partial charge in [-0.1, -0.05) is 26.0 Å². The maximum absolute atomic E-state index is 11.0. The third-order valence-electron chi connectivity index (χ3n) is 2.70. The molecule has 0 heterocycles. The second-order valence-corrected chi connectivity index (χ2v) is 4.81. The van der Waals surface area contributed by atoms with E-state index in [-0.39, 0.29) is 0 Å². The summed E-state index contributed by atoms with van der Waals surface area (Å²) in [6, 6.07) is 5.89. The molecule has 20 heavy (non-hydrogen) atoms. The Kier molecular flexibility index (Phi) is 6.31. The van der Waals surface area contributed by atoms with E-state index in [2.05, 4.69) is 5.32 Å². The normalized spacial score (nSPS) is 12.2. The van der Waals surface area contributed by atoms with Crippen molar-refractivity contribution in [3.63, 3.8) is 0 Å². The molecule has 1 aromatic carbocycles. The average Bonchev–Trinajstić information content (AvgIpc) is 2.38. The first kappa shape index (κ1) is 16.3. The quantitative estimate of drug-likeness (QED) is 0.766. The Morgan fingerprint density at radius 1 is 1.35 bits per heavy atom. The van der Waals surface area contributed by atoms with Gasteiger partial charge in [-0.2, -0.15) is 0 Å². The number of benzene rings is 1. The monoisotopic (exact) mass is 281 g/mol. The van der Waals surface area contributed by atoms with Crippen molar-refractivity contribution in [1.29, 1.82) is 0 Å². The van der Waals surface area contributed by atoms with Gasteiger partial charge in [-0.3, -0.25) is 0 Å². The van der Waals surface area contributed by atoms with Crippen molar-refractivity contribution in [2.24, 2.45) is 0 Å². The molecule has 0 aliphatic carbocycles. The standard InChI is InChI=1S/C15H23NO4/c1-5-19-13-8-6-7-12(9-16-10(2)3)14(13)20-11(4)15(17)18/h6-8,10-11,16H,5,9H2,1-4H3,(H,17,18). The lowest BCUT2D eigenvalue weighted by molar-refractivity contribution is -0.144. The van der Waals surface area contributed by atoms with Crippen LogP contribution in [0.5, 0.6) is 11.5 Å².